The van der Waals surface area contributed by atoms with Gasteiger partial charge in [-0.1, -0.05) is 0 Å². The smallest absolute Gasteiger partial charge is 0.471 e. The lowest BCUT2D eigenvalue weighted by atomic mass is 9.92. The van der Waals surface area contributed by atoms with Crippen molar-refractivity contribution in [1.82, 2.24) is 4.90 Å². The van der Waals surface area contributed by atoms with E-state index in [1.807, 2.05) is 0 Å². The molecule has 1 aliphatic heterocycles. The number of carbonyl (C=O) groups is 2. The van der Waals surface area contributed by atoms with E-state index in [2.05, 4.69) is 0 Å². The Morgan fingerprint density at radius 2 is 1.58 bits per heavy atom. The highest BCUT2D eigenvalue weighted by Crippen LogP contribution is 2.36. The van der Waals surface area contributed by atoms with Crippen LogP contribution < -0.4 is 0 Å². The number of carboxylic acid groups (broad SMARTS) is 1. The van der Waals surface area contributed by atoms with Crippen LogP contribution in [0.2, 0.25) is 0 Å². The molecule has 1 fully saturated rings. The number of piperidine rings is 1. The summed E-state index contributed by atoms with van der Waals surface area (Å²) in [7, 11) is 0. The molecule has 4 nitrogen and oxygen atoms in total. The molecule has 0 spiro atoms. The van der Waals surface area contributed by atoms with E-state index in [0.29, 0.717) is 0 Å². The number of rotatable bonds is 1. The van der Waals surface area contributed by atoms with Gasteiger partial charge < -0.3 is 10.0 Å². The largest absolute Gasteiger partial charge is 0.480 e. The van der Waals surface area contributed by atoms with Crippen LogP contribution in [0, 0.1) is 5.92 Å². The second kappa shape index (κ2) is 4.89. The van der Waals surface area contributed by atoms with Crippen LogP contribution in [0.15, 0.2) is 0 Å². The maximum absolute atomic E-state index is 12.4. The maximum Gasteiger partial charge on any atom is 0.471 e. The van der Waals surface area contributed by atoms with Gasteiger partial charge in [-0.25, -0.2) is 4.79 Å². The van der Waals surface area contributed by atoms with E-state index in [1.54, 1.807) is 0 Å². The molecular formula is C9H9F6NO3. The Morgan fingerprint density at radius 1 is 1.05 bits per heavy atom. The monoisotopic (exact) mass is 293 g/mol. The van der Waals surface area contributed by atoms with Crippen molar-refractivity contribution < 1.29 is 41.0 Å². The Morgan fingerprint density at radius 3 is 1.95 bits per heavy atom. The van der Waals surface area contributed by atoms with Crippen LogP contribution in [0.1, 0.15) is 12.8 Å². The Kier molecular flexibility index (Phi) is 4.01. The molecule has 0 bridgehead atoms. The number of likely N-dealkylation sites (tertiary alicyclic amines) is 1. The first-order valence-electron chi connectivity index (χ1n) is 5.12. The van der Waals surface area contributed by atoms with E-state index in [1.165, 1.54) is 0 Å². The van der Waals surface area contributed by atoms with Crippen molar-refractivity contribution in [2.24, 2.45) is 5.92 Å². The normalized spacial score (nSPS) is 25.3. The topological polar surface area (TPSA) is 57.6 Å². The number of halogens is 6. The third kappa shape index (κ3) is 3.51. The molecule has 1 amide bonds. The number of aliphatic carboxylic acids is 1. The summed E-state index contributed by atoms with van der Waals surface area (Å²) >= 11 is 0. The molecule has 0 aromatic carbocycles. The molecule has 0 aromatic rings. The molecule has 0 radical (unpaired) electrons. The molecule has 1 aliphatic rings. The van der Waals surface area contributed by atoms with Crippen molar-refractivity contribution in [2.45, 2.75) is 31.2 Å². The van der Waals surface area contributed by atoms with Gasteiger partial charge in [0, 0.05) is 6.54 Å². The number of alkyl halides is 6. The zero-order valence-corrected chi connectivity index (χ0v) is 9.25. The second-order valence-corrected chi connectivity index (χ2v) is 4.13. The van der Waals surface area contributed by atoms with Crippen LogP contribution in [0.5, 0.6) is 0 Å². The van der Waals surface area contributed by atoms with E-state index in [-0.39, 0.29) is 4.90 Å². The number of hydrogen-bond acceptors (Lipinski definition) is 2. The number of nitrogens with zero attached hydrogens (tertiary/aromatic N) is 1. The molecule has 0 unspecified atom stereocenters. The van der Waals surface area contributed by atoms with E-state index in [9.17, 15) is 35.9 Å². The van der Waals surface area contributed by atoms with Crippen LogP contribution in [0.3, 0.4) is 0 Å². The van der Waals surface area contributed by atoms with Gasteiger partial charge in [-0.3, -0.25) is 4.79 Å². The highest BCUT2D eigenvalue weighted by molar-refractivity contribution is 5.87. The molecule has 1 N–H and O–H groups in total. The molecular weight excluding hydrogens is 284 g/mol. The zero-order chi connectivity index (χ0) is 15.0. The fraction of sp³-hybridized carbons (Fsp3) is 0.778. The van der Waals surface area contributed by atoms with Crippen LogP contribution in [0.25, 0.3) is 0 Å². The standard InChI is InChI=1S/C9H9F6NO3/c10-8(11,12)4-1-2-5(6(17)18)16(3-4)7(19)9(13,14)15/h4-5H,1-3H2,(H,17,18)/t4-,5-/m0/s1. The summed E-state index contributed by atoms with van der Waals surface area (Å²) in [5.41, 5.74) is 0. The van der Waals surface area contributed by atoms with Gasteiger partial charge in [0.2, 0.25) is 0 Å². The van der Waals surface area contributed by atoms with Gasteiger partial charge in [0.1, 0.15) is 6.04 Å². The molecule has 0 aromatic heterocycles. The average molecular weight is 293 g/mol. The van der Waals surface area contributed by atoms with Crippen molar-refractivity contribution in [3.8, 4) is 0 Å². The number of amides is 1. The van der Waals surface area contributed by atoms with E-state index >= 15 is 0 Å². The Bertz CT molecular complexity index is 377. The molecule has 1 saturated heterocycles. The highest BCUT2D eigenvalue weighted by Gasteiger charge is 2.52. The zero-order valence-electron chi connectivity index (χ0n) is 9.25. The second-order valence-electron chi connectivity index (χ2n) is 4.13. The SMILES string of the molecule is O=C(O)[C@@H]1CC[C@H](C(F)(F)F)CN1C(=O)C(F)(F)F. The minimum Gasteiger partial charge on any atom is -0.480 e. The van der Waals surface area contributed by atoms with Crippen molar-refractivity contribution >= 4 is 11.9 Å². The minimum atomic E-state index is -5.40. The predicted octanol–water partition coefficient (Wildman–Crippen LogP) is 1.80. The lowest BCUT2D eigenvalue weighted by Crippen LogP contribution is -2.56. The van der Waals surface area contributed by atoms with E-state index in [4.69, 9.17) is 5.11 Å². The van der Waals surface area contributed by atoms with E-state index < -0.39 is 55.6 Å². The average Bonchev–Trinajstić information content (AvgIpc) is 2.24. The summed E-state index contributed by atoms with van der Waals surface area (Å²) < 4.78 is 74.0. The Balaban J connectivity index is 2.98. The molecule has 19 heavy (non-hydrogen) atoms. The lowest BCUT2D eigenvalue weighted by molar-refractivity contribution is -0.210. The van der Waals surface area contributed by atoms with Gasteiger partial charge in [0.25, 0.3) is 0 Å². The lowest BCUT2D eigenvalue weighted by Gasteiger charge is -2.38. The predicted molar refractivity (Wildman–Crippen MR) is 48.0 cm³/mol. The molecule has 0 aliphatic carbocycles. The van der Waals surface area contributed by atoms with Gasteiger partial charge in [-0.15, -0.1) is 0 Å². The van der Waals surface area contributed by atoms with Gasteiger partial charge in [0.15, 0.2) is 0 Å². The summed E-state index contributed by atoms with van der Waals surface area (Å²) in [6.07, 6.45) is -11.5. The number of carboxylic acids is 1. The molecule has 1 rings (SSSR count). The van der Waals surface area contributed by atoms with Crippen LogP contribution in [-0.4, -0.2) is 46.8 Å². The molecule has 0 saturated carbocycles. The third-order valence-corrected chi connectivity index (χ3v) is 2.83. The van der Waals surface area contributed by atoms with Crippen LogP contribution in [0.4, 0.5) is 26.3 Å². The number of hydrogen-bond donors (Lipinski definition) is 1. The maximum atomic E-state index is 12.4. The minimum absolute atomic E-state index is 0.260. The molecule has 1 heterocycles. The van der Waals surface area contributed by atoms with Gasteiger partial charge in [0.05, 0.1) is 5.92 Å². The van der Waals surface area contributed by atoms with Gasteiger partial charge in [-0.05, 0) is 12.8 Å². The first kappa shape index (κ1) is 15.6. The van der Waals surface area contributed by atoms with E-state index in [0.717, 1.165) is 0 Å². The van der Waals surface area contributed by atoms with Crippen molar-refractivity contribution in [3.05, 3.63) is 0 Å². The Labute approximate surface area is 103 Å². The summed E-state index contributed by atoms with van der Waals surface area (Å²) in [4.78, 5) is 21.4. The molecule has 2 atom stereocenters. The first-order valence-corrected chi connectivity index (χ1v) is 5.12. The van der Waals surface area contributed by atoms with Crippen LogP contribution >= 0.6 is 0 Å². The third-order valence-electron chi connectivity index (χ3n) is 2.83. The van der Waals surface area contributed by atoms with Crippen molar-refractivity contribution in [3.63, 3.8) is 0 Å². The summed E-state index contributed by atoms with van der Waals surface area (Å²) in [6, 6.07) is -1.88. The summed E-state index contributed by atoms with van der Waals surface area (Å²) in [6.45, 7) is -1.29. The Hall–Kier alpha value is -1.48. The molecule has 10 heteroatoms. The quantitative estimate of drug-likeness (QED) is 0.750. The van der Waals surface area contributed by atoms with Crippen molar-refractivity contribution in [1.29, 1.82) is 0 Å². The number of carbonyl (C=O) groups excluding carboxylic acids is 1. The van der Waals surface area contributed by atoms with Gasteiger partial charge >= 0.3 is 24.2 Å². The summed E-state index contributed by atoms with van der Waals surface area (Å²) in [5.74, 6) is -6.46. The fourth-order valence-corrected chi connectivity index (χ4v) is 1.88. The molecule has 110 valence electrons. The van der Waals surface area contributed by atoms with Crippen molar-refractivity contribution in [2.75, 3.05) is 6.54 Å². The fourth-order valence-electron chi connectivity index (χ4n) is 1.88. The summed E-state index contributed by atoms with van der Waals surface area (Å²) in [5, 5.41) is 8.67. The first-order chi connectivity index (χ1) is 8.44. The van der Waals surface area contributed by atoms with Gasteiger partial charge in [-0.2, -0.15) is 26.3 Å². The van der Waals surface area contributed by atoms with Crippen LogP contribution in [-0.2, 0) is 9.59 Å². The highest BCUT2D eigenvalue weighted by atomic mass is 19.4.